The lowest BCUT2D eigenvalue weighted by Crippen LogP contribution is -1.94. The predicted molar refractivity (Wildman–Crippen MR) is 45.7 cm³/mol. The Balaban J connectivity index is 2.50. The lowest BCUT2D eigenvalue weighted by atomic mass is 10.3. The van der Waals surface area contributed by atoms with Gasteiger partial charge in [-0.3, -0.25) is 0 Å². The predicted octanol–water partition coefficient (Wildman–Crippen LogP) is 0.354. The Morgan fingerprint density at radius 2 is 2.45 bits per heavy atom. The quantitative estimate of drug-likeness (QED) is 0.584. The Hall–Kier alpha value is -1.29. The van der Waals surface area contributed by atoms with Crippen molar-refractivity contribution in [3.05, 3.63) is 18.0 Å². The van der Waals surface area contributed by atoms with Gasteiger partial charge < -0.3 is 16.5 Å². The van der Waals surface area contributed by atoms with Crippen molar-refractivity contribution in [2.45, 2.75) is 6.42 Å². The van der Waals surface area contributed by atoms with Crippen LogP contribution in [0.1, 0.15) is 12.1 Å². The molecule has 0 aliphatic rings. The van der Waals surface area contributed by atoms with Crippen LogP contribution >= 0.6 is 0 Å². The number of aromatic nitrogens is 2. The molecule has 0 saturated heterocycles. The van der Waals surface area contributed by atoms with Crippen LogP contribution in [0.5, 0.6) is 0 Å². The molecule has 0 aliphatic carbocycles. The standard InChI is InChI=1S/C7H12N4/c8-4-2-1-3-6-5-10-7(9)11-6/h1,3,5H,2,4,8H2,(H3,9,10,11). The second-order valence-corrected chi connectivity index (χ2v) is 2.20. The summed E-state index contributed by atoms with van der Waals surface area (Å²) in [6.45, 7) is 0.667. The van der Waals surface area contributed by atoms with Crippen LogP contribution in [-0.2, 0) is 0 Å². The Bertz CT molecular complexity index is 238. The SMILES string of the molecule is NCCC=Cc1cnc(N)[nH]1. The minimum Gasteiger partial charge on any atom is -0.369 e. The van der Waals surface area contributed by atoms with Gasteiger partial charge in [0.25, 0.3) is 0 Å². The molecule has 4 nitrogen and oxygen atoms in total. The van der Waals surface area contributed by atoms with Crippen molar-refractivity contribution in [2.24, 2.45) is 5.73 Å². The molecule has 0 saturated carbocycles. The highest BCUT2D eigenvalue weighted by atomic mass is 15.0. The summed E-state index contributed by atoms with van der Waals surface area (Å²) in [5.41, 5.74) is 11.6. The number of rotatable bonds is 3. The lowest BCUT2D eigenvalue weighted by molar-refractivity contribution is 1.01. The molecular weight excluding hydrogens is 140 g/mol. The number of nitrogens with two attached hydrogens (primary N) is 2. The van der Waals surface area contributed by atoms with Crippen LogP contribution in [0.3, 0.4) is 0 Å². The van der Waals surface area contributed by atoms with E-state index in [4.69, 9.17) is 11.5 Å². The molecule has 0 aliphatic heterocycles. The zero-order valence-electron chi connectivity index (χ0n) is 6.25. The smallest absolute Gasteiger partial charge is 0.197 e. The highest BCUT2D eigenvalue weighted by Gasteiger charge is 1.89. The average molecular weight is 152 g/mol. The summed E-state index contributed by atoms with van der Waals surface area (Å²) in [5.74, 6) is 0.442. The first-order chi connectivity index (χ1) is 5.33. The molecule has 1 rings (SSSR count). The molecule has 1 heterocycles. The molecule has 0 fully saturated rings. The molecule has 0 bridgehead atoms. The van der Waals surface area contributed by atoms with Crippen LogP contribution in [0.2, 0.25) is 0 Å². The van der Waals surface area contributed by atoms with Crippen molar-refractivity contribution >= 4 is 12.0 Å². The molecule has 1 aromatic heterocycles. The van der Waals surface area contributed by atoms with Gasteiger partial charge in [-0.2, -0.15) is 0 Å². The van der Waals surface area contributed by atoms with Gasteiger partial charge in [0.05, 0.1) is 11.9 Å². The number of H-pyrrole nitrogens is 1. The first kappa shape index (κ1) is 7.81. The third-order valence-corrected chi connectivity index (χ3v) is 1.25. The van der Waals surface area contributed by atoms with Gasteiger partial charge in [-0.05, 0) is 19.0 Å². The maximum atomic E-state index is 5.36. The number of nitrogen functional groups attached to an aromatic ring is 1. The zero-order valence-corrected chi connectivity index (χ0v) is 6.25. The number of hydrogen-bond donors (Lipinski definition) is 3. The molecule has 0 unspecified atom stereocenters. The highest BCUT2D eigenvalue weighted by molar-refractivity contribution is 5.45. The minimum atomic E-state index is 0.442. The van der Waals surface area contributed by atoms with Gasteiger partial charge in [0.1, 0.15) is 0 Å². The summed E-state index contributed by atoms with van der Waals surface area (Å²) in [6, 6.07) is 0. The second-order valence-electron chi connectivity index (χ2n) is 2.20. The van der Waals surface area contributed by atoms with Gasteiger partial charge >= 0.3 is 0 Å². The molecule has 0 aromatic carbocycles. The van der Waals surface area contributed by atoms with Crippen molar-refractivity contribution in [1.29, 1.82) is 0 Å². The maximum absolute atomic E-state index is 5.36. The molecule has 0 radical (unpaired) electrons. The molecule has 0 amide bonds. The zero-order chi connectivity index (χ0) is 8.10. The fourth-order valence-electron chi connectivity index (χ4n) is 0.743. The lowest BCUT2D eigenvalue weighted by Gasteiger charge is -1.84. The van der Waals surface area contributed by atoms with E-state index in [1.165, 1.54) is 0 Å². The third-order valence-electron chi connectivity index (χ3n) is 1.25. The Morgan fingerprint density at radius 3 is 3.00 bits per heavy atom. The minimum absolute atomic E-state index is 0.442. The fourth-order valence-corrected chi connectivity index (χ4v) is 0.743. The topological polar surface area (TPSA) is 80.7 Å². The summed E-state index contributed by atoms with van der Waals surface area (Å²) in [4.78, 5) is 6.71. The second kappa shape index (κ2) is 3.78. The Morgan fingerprint density at radius 1 is 1.64 bits per heavy atom. The van der Waals surface area contributed by atoms with Crippen LogP contribution in [0.25, 0.3) is 6.08 Å². The highest BCUT2D eigenvalue weighted by Crippen LogP contribution is 2.00. The van der Waals surface area contributed by atoms with E-state index < -0.39 is 0 Å². The van der Waals surface area contributed by atoms with Gasteiger partial charge in [-0.15, -0.1) is 0 Å². The number of aromatic amines is 1. The van der Waals surface area contributed by atoms with E-state index in [2.05, 4.69) is 9.97 Å². The first-order valence-corrected chi connectivity index (χ1v) is 3.50. The summed E-state index contributed by atoms with van der Waals surface area (Å²) in [6.07, 6.45) is 6.45. The van der Waals surface area contributed by atoms with Crippen molar-refractivity contribution < 1.29 is 0 Å². The van der Waals surface area contributed by atoms with E-state index in [1.54, 1.807) is 6.20 Å². The van der Waals surface area contributed by atoms with Crippen molar-refractivity contribution in [2.75, 3.05) is 12.3 Å². The van der Waals surface area contributed by atoms with Gasteiger partial charge in [-0.1, -0.05) is 6.08 Å². The van der Waals surface area contributed by atoms with Gasteiger partial charge in [-0.25, -0.2) is 4.98 Å². The maximum Gasteiger partial charge on any atom is 0.197 e. The summed E-state index contributed by atoms with van der Waals surface area (Å²) < 4.78 is 0. The molecule has 11 heavy (non-hydrogen) atoms. The van der Waals surface area contributed by atoms with E-state index in [0.29, 0.717) is 12.5 Å². The Labute approximate surface area is 65.3 Å². The number of nitrogens with one attached hydrogen (secondary N) is 1. The van der Waals surface area contributed by atoms with Crippen LogP contribution in [-0.4, -0.2) is 16.5 Å². The van der Waals surface area contributed by atoms with Crippen molar-refractivity contribution in [1.82, 2.24) is 9.97 Å². The monoisotopic (exact) mass is 152 g/mol. The molecule has 1 aromatic rings. The van der Waals surface area contributed by atoms with Crippen LogP contribution in [0.4, 0.5) is 5.95 Å². The molecular formula is C7H12N4. The molecule has 0 atom stereocenters. The van der Waals surface area contributed by atoms with Gasteiger partial charge in [0.15, 0.2) is 5.95 Å². The van der Waals surface area contributed by atoms with E-state index in [0.717, 1.165) is 12.1 Å². The van der Waals surface area contributed by atoms with E-state index >= 15 is 0 Å². The average Bonchev–Trinajstić information content (AvgIpc) is 2.37. The number of hydrogen-bond acceptors (Lipinski definition) is 3. The first-order valence-electron chi connectivity index (χ1n) is 3.50. The van der Waals surface area contributed by atoms with Crippen molar-refractivity contribution in [3.8, 4) is 0 Å². The molecule has 4 heteroatoms. The van der Waals surface area contributed by atoms with E-state index in [9.17, 15) is 0 Å². The van der Waals surface area contributed by atoms with Gasteiger partial charge in [0.2, 0.25) is 0 Å². The van der Waals surface area contributed by atoms with E-state index in [-0.39, 0.29) is 0 Å². The Kier molecular flexibility index (Phi) is 2.68. The van der Waals surface area contributed by atoms with Gasteiger partial charge in [0, 0.05) is 0 Å². The van der Waals surface area contributed by atoms with Crippen LogP contribution < -0.4 is 11.5 Å². The third kappa shape index (κ3) is 2.43. The summed E-state index contributed by atoms with van der Waals surface area (Å²) in [5, 5.41) is 0. The fraction of sp³-hybridized carbons (Fsp3) is 0.286. The summed E-state index contributed by atoms with van der Waals surface area (Å²) in [7, 11) is 0. The normalized spacial score (nSPS) is 11.0. The molecule has 5 N–H and O–H groups in total. The van der Waals surface area contributed by atoms with E-state index in [1.807, 2.05) is 12.2 Å². The summed E-state index contributed by atoms with van der Waals surface area (Å²) >= 11 is 0. The molecule has 0 spiro atoms. The number of imidazole rings is 1. The van der Waals surface area contributed by atoms with Crippen molar-refractivity contribution in [3.63, 3.8) is 0 Å². The van der Waals surface area contributed by atoms with Crippen LogP contribution in [0, 0.1) is 0 Å². The molecule has 60 valence electrons. The largest absolute Gasteiger partial charge is 0.369 e. The number of nitrogens with zero attached hydrogens (tertiary/aromatic N) is 1. The van der Waals surface area contributed by atoms with Crippen LogP contribution in [0.15, 0.2) is 12.3 Å². The number of anilines is 1.